The Morgan fingerprint density at radius 2 is 1.96 bits per heavy atom. The highest BCUT2D eigenvalue weighted by Crippen LogP contribution is 2.20. The molecule has 1 aromatic heterocycles. The minimum absolute atomic E-state index is 0.0380. The fourth-order valence-electron chi connectivity index (χ4n) is 2.75. The van der Waals surface area contributed by atoms with Crippen LogP contribution in [-0.4, -0.2) is 35.2 Å². The van der Waals surface area contributed by atoms with Gasteiger partial charge in [-0.15, -0.1) is 0 Å². The van der Waals surface area contributed by atoms with Crippen molar-refractivity contribution in [2.45, 2.75) is 19.5 Å². The van der Waals surface area contributed by atoms with Gasteiger partial charge in [0.1, 0.15) is 17.1 Å². The summed E-state index contributed by atoms with van der Waals surface area (Å²) < 4.78 is 4.69. The largest absolute Gasteiger partial charge is 0.350 e. The summed E-state index contributed by atoms with van der Waals surface area (Å²) in [5, 5.41) is 10.6. The number of rotatable bonds is 5. The Morgan fingerprint density at radius 1 is 1.17 bits per heavy atom. The lowest BCUT2D eigenvalue weighted by atomic mass is 10.0. The molecule has 124 valence electrons. The second-order valence-corrected chi connectivity index (χ2v) is 6.09. The Bertz CT molecular complexity index is 857. The third-order valence-corrected chi connectivity index (χ3v) is 3.91. The lowest BCUT2D eigenvalue weighted by Gasteiger charge is -2.24. The second-order valence-electron chi connectivity index (χ2n) is 6.09. The number of fused-ring (bicyclic) bond motifs is 1. The minimum Gasteiger partial charge on any atom is -0.350 e. The summed E-state index contributed by atoms with van der Waals surface area (Å²) in [7, 11) is 3.80. The summed E-state index contributed by atoms with van der Waals surface area (Å²) in [6.07, 6.45) is 0. The van der Waals surface area contributed by atoms with Crippen LogP contribution in [0.15, 0.2) is 47.1 Å². The summed E-state index contributed by atoms with van der Waals surface area (Å²) in [4.78, 5) is 14.6. The SMILES string of the molecule is Cc1cccc([C@H](C(=O)NCc2ccc3nonc3c2)N(C)C)c1. The monoisotopic (exact) mass is 324 g/mol. The van der Waals surface area contributed by atoms with Crippen LogP contribution in [0, 0.1) is 6.92 Å². The highest BCUT2D eigenvalue weighted by atomic mass is 16.6. The molecule has 0 saturated heterocycles. The lowest BCUT2D eigenvalue weighted by molar-refractivity contribution is -0.125. The first-order chi connectivity index (χ1) is 11.5. The van der Waals surface area contributed by atoms with Crippen molar-refractivity contribution < 1.29 is 9.42 Å². The van der Waals surface area contributed by atoms with Gasteiger partial charge in [-0.25, -0.2) is 4.63 Å². The van der Waals surface area contributed by atoms with Gasteiger partial charge >= 0.3 is 0 Å². The molecule has 0 aliphatic carbocycles. The van der Waals surface area contributed by atoms with Gasteiger partial charge in [-0.1, -0.05) is 35.9 Å². The molecule has 24 heavy (non-hydrogen) atoms. The number of nitrogens with zero attached hydrogens (tertiary/aromatic N) is 3. The maximum absolute atomic E-state index is 12.7. The molecule has 0 radical (unpaired) electrons. The summed E-state index contributed by atoms with van der Waals surface area (Å²) in [6, 6.07) is 13.3. The predicted molar refractivity (Wildman–Crippen MR) is 91.3 cm³/mol. The Hall–Kier alpha value is -2.73. The van der Waals surface area contributed by atoms with Crippen LogP contribution in [0.5, 0.6) is 0 Å². The zero-order valence-electron chi connectivity index (χ0n) is 14.0. The summed E-state index contributed by atoms with van der Waals surface area (Å²) in [5.41, 5.74) is 4.46. The molecule has 1 amide bonds. The van der Waals surface area contributed by atoms with E-state index in [9.17, 15) is 4.79 Å². The van der Waals surface area contributed by atoms with E-state index < -0.39 is 0 Å². The number of carbonyl (C=O) groups is 1. The predicted octanol–water partition coefficient (Wildman–Crippen LogP) is 2.45. The molecule has 3 rings (SSSR count). The Balaban J connectivity index is 1.73. The highest BCUT2D eigenvalue weighted by Gasteiger charge is 2.22. The van der Waals surface area contributed by atoms with Crippen LogP contribution in [0.3, 0.4) is 0 Å². The standard InChI is InChI=1S/C18H20N4O2/c1-12-5-4-6-14(9-12)17(22(2)3)18(23)19-11-13-7-8-15-16(10-13)21-24-20-15/h4-10,17H,11H2,1-3H3,(H,19,23)/t17-/m1/s1. The van der Waals surface area contributed by atoms with E-state index in [1.54, 1.807) is 0 Å². The van der Waals surface area contributed by atoms with Crippen molar-refractivity contribution in [3.63, 3.8) is 0 Å². The molecule has 0 saturated carbocycles. The van der Waals surface area contributed by atoms with Crippen molar-refractivity contribution in [2.24, 2.45) is 0 Å². The Morgan fingerprint density at radius 3 is 2.71 bits per heavy atom. The maximum atomic E-state index is 12.7. The maximum Gasteiger partial charge on any atom is 0.242 e. The number of amides is 1. The van der Waals surface area contributed by atoms with E-state index >= 15 is 0 Å². The molecule has 0 spiro atoms. The summed E-state index contributed by atoms with van der Waals surface area (Å²) >= 11 is 0. The average molecular weight is 324 g/mol. The Kier molecular flexibility index (Phi) is 4.57. The fraction of sp³-hybridized carbons (Fsp3) is 0.278. The van der Waals surface area contributed by atoms with Crippen molar-refractivity contribution >= 4 is 16.9 Å². The van der Waals surface area contributed by atoms with Gasteiger partial charge in [0.25, 0.3) is 0 Å². The number of hydrogen-bond donors (Lipinski definition) is 1. The van der Waals surface area contributed by atoms with Crippen molar-refractivity contribution in [1.82, 2.24) is 20.5 Å². The van der Waals surface area contributed by atoms with Crippen molar-refractivity contribution in [1.29, 1.82) is 0 Å². The van der Waals surface area contributed by atoms with Gasteiger partial charge in [0.05, 0.1) is 0 Å². The number of aryl methyl sites for hydroxylation is 1. The normalized spacial score (nSPS) is 12.5. The molecule has 0 bridgehead atoms. The second kappa shape index (κ2) is 6.80. The molecule has 2 aromatic carbocycles. The first-order valence-corrected chi connectivity index (χ1v) is 7.76. The van der Waals surface area contributed by atoms with Gasteiger partial charge in [-0.3, -0.25) is 9.69 Å². The number of aromatic nitrogens is 2. The van der Waals surface area contributed by atoms with Gasteiger partial charge in [0.15, 0.2) is 0 Å². The molecular weight excluding hydrogens is 304 g/mol. The van der Waals surface area contributed by atoms with Gasteiger partial charge in [-0.2, -0.15) is 0 Å². The van der Waals surface area contributed by atoms with Crippen LogP contribution in [0.25, 0.3) is 11.0 Å². The molecule has 6 nitrogen and oxygen atoms in total. The third-order valence-electron chi connectivity index (χ3n) is 3.91. The van der Waals surface area contributed by atoms with Crippen LogP contribution in [0.4, 0.5) is 0 Å². The van der Waals surface area contributed by atoms with Crippen LogP contribution in [-0.2, 0) is 11.3 Å². The van der Waals surface area contributed by atoms with Crippen molar-refractivity contribution in [3.05, 3.63) is 59.2 Å². The van der Waals surface area contributed by atoms with Crippen molar-refractivity contribution in [2.75, 3.05) is 14.1 Å². The number of nitrogens with one attached hydrogen (secondary N) is 1. The van der Waals surface area contributed by atoms with E-state index in [2.05, 4.69) is 15.6 Å². The van der Waals surface area contributed by atoms with E-state index in [0.29, 0.717) is 17.6 Å². The lowest BCUT2D eigenvalue weighted by Crippen LogP contribution is -2.36. The van der Waals surface area contributed by atoms with Gasteiger partial charge < -0.3 is 5.32 Å². The zero-order chi connectivity index (χ0) is 17.1. The van der Waals surface area contributed by atoms with E-state index in [0.717, 1.165) is 16.7 Å². The first-order valence-electron chi connectivity index (χ1n) is 7.76. The molecule has 1 atom stereocenters. The number of likely N-dealkylation sites (N-methyl/N-ethyl adjacent to an activating group) is 1. The zero-order valence-corrected chi connectivity index (χ0v) is 14.0. The average Bonchev–Trinajstić information content (AvgIpc) is 3.00. The van der Waals surface area contributed by atoms with Crippen molar-refractivity contribution in [3.8, 4) is 0 Å². The fourth-order valence-corrected chi connectivity index (χ4v) is 2.75. The molecular formula is C18H20N4O2. The first kappa shape index (κ1) is 16.1. The van der Waals surface area contributed by atoms with Gasteiger partial charge in [0, 0.05) is 6.54 Å². The van der Waals surface area contributed by atoms with E-state index in [-0.39, 0.29) is 11.9 Å². The minimum atomic E-state index is -0.331. The van der Waals surface area contributed by atoms with E-state index in [1.807, 2.05) is 68.4 Å². The summed E-state index contributed by atoms with van der Waals surface area (Å²) in [6.45, 7) is 2.45. The molecule has 0 fully saturated rings. The molecule has 0 aliphatic heterocycles. The van der Waals surface area contributed by atoms with Gasteiger partial charge in [0.2, 0.25) is 5.91 Å². The quantitative estimate of drug-likeness (QED) is 0.780. The Labute approximate surface area is 140 Å². The summed E-state index contributed by atoms with van der Waals surface area (Å²) in [5.74, 6) is -0.0380. The van der Waals surface area contributed by atoms with E-state index in [1.165, 1.54) is 0 Å². The highest BCUT2D eigenvalue weighted by molar-refractivity contribution is 5.83. The van der Waals surface area contributed by atoms with Gasteiger partial charge in [-0.05, 0) is 54.6 Å². The molecule has 1 heterocycles. The van der Waals surface area contributed by atoms with Crippen LogP contribution < -0.4 is 5.32 Å². The molecule has 6 heteroatoms. The number of benzene rings is 2. The topological polar surface area (TPSA) is 71.3 Å². The van der Waals surface area contributed by atoms with Crippen LogP contribution in [0.2, 0.25) is 0 Å². The number of hydrogen-bond acceptors (Lipinski definition) is 5. The smallest absolute Gasteiger partial charge is 0.242 e. The number of carbonyl (C=O) groups excluding carboxylic acids is 1. The third kappa shape index (κ3) is 3.44. The van der Waals surface area contributed by atoms with Crippen LogP contribution >= 0.6 is 0 Å². The molecule has 0 aliphatic rings. The molecule has 0 unspecified atom stereocenters. The van der Waals surface area contributed by atoms with Crippen LogP contribution in [0.1, 0.15) is 22.7 Å². The van der Waals surface area contributed by atoms with E-state index in [4.69, 9.17) is 4.63 Å². The molecule has 3 aromatic rings. The molecule has 1 N–H and O–H groups in total.